The molecule has 640 valence electrons. The lowest BCUT2D eigenvalue weighted by molar-refractivity contribution is 0.137. The molecule has 4 saturated heterocycles. The molecule has 4 fully saturated rings. The summed E-state index contributed by atoms with van der Waals surface area (Å²) in [5.74, 6) is 0. The van der Waals surface area contributed by atoms with Crippen molar-refractivity contribution < 1.29 is 58.4 Å². The molecule has 44 heteroatoms. The van der Waals surface area contributed by atoms with Gasteiger partial charge in [0.05, 0.1) is 157 Å². The predicted molar refractivity (Wildman–Crippen MR) is 427 cm³/mol. The van der Waals surface area contributed by atoms with E-state index in [1.807, 2.05) is 0 Å². The van der Waals surface area contributed by atoms with E-state index in [0.29, 0.717) is 124 Å². The summed E-state index contributed by atoms with van der Waals surface area (Å²) in [6, 6.07) is 0. The van der Waals surface area contributed by atoms with Crippen molar-refractivity contribution in [3.63, 3.8) is 0 Å². The summed E-state index contributed by atoms with van der Waals surface area (Å²) >= 11 is 5.34. The van der Waals surface area contributed by atoms with Gasteiger partial charge in [-0.15, -0.1) is 67.4 Å². The van der Waals surface area contributed by atoms with Crippen molar-refractivity contribution in [3.8, 4) is 0 Å². The van der Waals surface area contributed by atoms with E-state index in [1.165, 1.54) is 101 Å². The van der Waals surface area contributed by atoms with E-state index in [9.17, 15) is 96.8 Å². The van der Waals surface area contributed by atoms with Gasteiger partial charge in [-0.2, -0.15) is 0 Å². The number of aromatic nitrogens is 20. The SMILES string of the molecule is Cc1cn(C2CC(O)[C@@H](CO)S2)c(=O)n(CCCCCCc2cn(CC[18F])nn2)c1=O.Cc1cn(C2CC(O)[C@@H](CO)S2)c(=O)n(CCCCCc2cn(CC[18F])nn2)c1=O.Cc1cn(C2CC(O)[C@@H](CO)S2)c(=O)n(Cc2cn(CCCC[18F])nn2)c1=O.Cc1cn(C2CC(O)[C@@H](CO)S2)c(=O)n(Cc2cn(CCC[18F])nn2)c1=O. The number of aliphatic hydroxyl groups excluding tert-OH is 8. The van der Waals surface area contributed by atoms with Crippen LogP contribution in [0.2, 0.25) is 0 Å². The molecule has 0 spiro atoms. The second kappa shape index (κ2) is 44.8. The van der Waals surface area contributed by atoms with Crippen LogP contribution >= 0.6 is 47.0 Å². The lowest BCUT2D eigenvalue weighted by atomic mass is 10.1. The van der Waals surface area contributed by atoms with Crippen LogP contribution in [0, 0.1) is 27.7 Å². The van der Waals surface area contributed by atoms with Crippen LogP contribution in [0.15, 0.2) is 87.9 Å². The van der Waals surface area contributed by atoms with Crippen molar-refractivity contribution in [2.24, 2.45) is 0 Å². The number of aliphatic hydroxyl groups is 8. The number of thioether (sulfide) groups is 4. The van der Waals surface area contributed by atoms with Gasteiger partial charge in [0.15, 0.2) is 0 Å². The standard InChI is InChI=1S/C20H30FN5O4S.C19H28FN5O4S.C17H24FN5O4S.C16H22FN5O4S/c1-14-11-26(18-10-16(28)17(13-27)31-18)20(30)25(19(14)29)8-5-3-2-4-6-15-12-24(9-7-21)23-22-15;1-13-10-25(17-9-15(27)16(12-26)30-17)19(29)24(18(13)28)7-4-2-3-5-14-11-23(8-6-20)22-21-14;1-11-7-22(15-6-13(25)14(10-24)28-15)17(27)23(16(11)26)9-12-8-21(20-19-12)5-3-2-4-18;1-10-6-21(14-5-12(24)13(9-23)27-14)16(26)22(15(10)25)8-11-7-20(19-18-11)4-2-3-17/h11-12,16-18,27-28H,2-10,13H2,1H3;10-11,15-17,26-27H,2-9,12H2,1H3;7-8,13-15,24-25H,2-6,9-10H2,1H3;6-7,12-14,23-24H,2-5,8-9H2,1H3/t16?,17-,18?;15?,16-,17?;13?,14-,15?;12?,13-,14?/m1111/s1/i21-1;20-1;18-1;17-1. The summed E-state index contributed by atoms with van der Waals surface area (Å²) in [6.45, 7) is 6.04. The first-order valence-electron chi connectivity index (χ1n) is 38.6. The van der Waals surface area contributed by atoms with E-state index in [4.69, 9.17) is 0 Å². The minimum atomic E-state index is -0.715. The molecule has 4 aliphatic rings. The highest BCUT2D eigenvalue weighted by molar-refractivity contribution is 8.01. The Balaban J connectivity index is 0.000000177. The maximum Gasteiger partial charge on any atom is 0.332 e. The molecule has 8 aromatic heterocycles. The molecule has 4 aliphatic heterocycles. The predicted octanol–water partition coefficient (Wildman–Crippen LogP) is 1.43. The van der Waals surface area contributed by atoms with Gasteiger partial charge in [-0.3, -0.25) is 73.9 Å². The van der Waals surface area contributed by atoms with E-state index in [0.717, 1.165) is 59.0 Å². The fraction of sp³-hybridized carbons (Fsp3) is 0.667. The number of alkyl halides is 4. The second-order valence-electron chi connectivity index (χ2n) is 28.8. The Morgan fingerprint density at radius 3 is 0.905 bits per heavy atom. The number of unbranched alkanes of at least 4 members (excludes halogenated alkanes) is 6. The van der Waals surface area contributed by atoms with Crippen molar-refractivity contribution in [1.82, 2.24) is 96.5 Å². The Morgan fingerprint density at radius 2 is 0.595 bits per heavy atom. The number of halogens is 4. The molecule has 0 aliphatic carbocycles. The van der Waals surface area contributed by atoms with Gasteiger partial charge >= 0.3 is 22.8 Å². The molecule has 0 saturated carbocycles. The lowest BCUT2D eigenvalue weighted by Gasteiger charge is -2.16. The summed E-state index contributed by atoms with van der Waals surface area (Å²) < 4.78 is 65.7. The van der Waals surface area contributed by atoms with Crippen LogP contribution in [0.1, 0.15) is 156 Å². The number of aryl methyl sites for hydroxylation is 10. The zero-order chi connectivity index (χ0) is 83.9. The lowest BCUT2D eigenvalue weighted by Crippen LogP contribution is -2.41. The van der Waals surface area contributed by atoms with Crippen molar-refractivity contribution in [3.05, 3.63) is 178 Å². The van der Waals surface area contributed by atoms with Crippen molar-refractivity contribution >= 4 is 47.0 Å². The Kier molecular flexibility index (Phi) is 35.5. The molecule has 8 N–H and O–H groups in total. The van der Waals surface area contributed by atoms with Crippen molar-refractivity contribution in [2.45, 2.75) is 250 Å². The Labute approximate surface area is 679 Å². The van der Waals surface area contributed by atoms with Crippen molar-refractivity contribution in [2.75, 3.05) is 53.1 Å². The van der Waals surface area contributed by atoms with Crippen LogP contribution in [0.25, 0.3) is 0 Å². The Hall–Kier alpha value is -7.92. The van der Waals surface area contributed by atoms with E-state index < -0.39 is 66.9 Å². The quantitative estimate of drug-likeness (QED) is 0.0203. The molecule has 8 aromatic rings. The van der Waals surface area contributed by atoms with Crippen LogP contribution in [0.3, 0.4) is 0 Å². The zero-order valence-corrected chi connectivity index (χ0v) is 68.4. The molecule has 8 unspecified atom stereocenters. The third-order valence-corrected chi connectivity index (χ3v) is 26.2. The average molecular weight is 1710 g/mol. The first kappa shape index (κ1) is 92.0. The Bertz CT molecular complexity index is 4990. The molecule has 12 rings (SSSR count). The van der Waals surface area contributed by atoms with E-state index >= 15 is 0 Å². The number of rotatable bonds is 36. The molecule has 0 bridgehead atoms. The molecule has 0 radical (unpaired) electrons. The van der Waals surface area contributed by atoms with Gasteiger partial charge in [-0.05, 0) is 85.5 Å². The van der Waals surface area contributed by atoms with Gasteiger partial charge in [0.25, 0.3) is 22.2 Å². The Morgan fingerprint density at radius 1 is 0.328 bits per heavy atom. The van der Waals surface area contributed by atoms with E-state index in [2.05, 4.69) is 41.2 Å². The number of nitrogens with zero attached hydrogens (tertiary/aromatic N) is 20. The summed E-state index contributed by atoms with van der Waals surface area (Å²) in [7, 11) is 0. The van der Waals surface area contributed by atoms with Crippen molar-refractivity contribution in [1.29, 1.82) is 0 Å². The molecule has 116 heavy (non-hydrogen) atoms. The third-order valence-electron chi connectivity index (χ3n) is 20.0. The largest absolute Gasteiger partial charge is 0.395 e. The summed E-state index contributed by atoms with van der Waals surface area (Å²) in [4.78, 5) is 102. The summed E-state index contributed by atoms with van der Waals surface area (Å²) in [5, 5.41) is 106. The monoisotopic (exact) mass is 1700 g/mol. The van der Waals surface area contributed by atoms with Crippen LogP contribution in [0.4, 0.5) is 17.6 Å². The smallest absolute Gasteiger partial charge is 0.332 e. The topological polar surface area (TPSA) is 461 Å². The first-order valence-corrected chi connectivity index (χ1v) is 42.4. The van der Waals surface area contributed by atoms with Crippen LogP contribution in [-0.4, -0.2) is 236 Å². The van der Waals surface area contributed by atoms with Gasteiger partial charge in [-0.25, -0.2) is 37.3 Å². The highest BCUT2D eigenvalue weighted by Crippen LogP contribution is 2.43. The molecule has 36 nitrogen and oxygen atoms in total. The normalized spacial score (nSPS) is 21.7. The maximum absolute atomic E-state index is 12.9. The number of hydrogen-bond donors (Lipinski definition) is 8. The number of hydrogen-bond acceptors (Lipinski definition) is 28. The molecule has 0 aromatic carbocycles. The van der Waals surface area contributed by atoms with Crippen LogP contribution < -0.4 is 45.0 Å². The highest BCUT2D eigenvalue weighted by Gasteiger charge is 2.39. The summed E-state index contributed by atoms with van der Waals surface area (Å²) in [5.41, 5.74) is 1.11. The summed E-state index contributed by atoms with van der Waals surface area (Å²) in [6.07, 6.45) is 19.9. The molecular formula is C72H104F4N20O16S4. The average Bonchev–Trinajstić information content (AvgIpc) is 1.55. The molecule has 12 heterocycles. The molecular weight excluding hydrogens is 1600 g/mol. The highest BCUT2D eigenvalue weighted by atomic mass is 32.2. The van der Waals surface area contributed by atoms with Crippen LogP contribution in [0.5, 0.6) is 0 Å². The maximum atomic E-state index is 12.9. The minimum absolute atomic E-state index is 0.0220. The van der Waals surface area contributed by atoms with Gasteiger partial charge in [-0.1, -0.05) is 40.1 Å². The fourth-order valence-corrected chi connectivity index (χ4v) is 19.2. The second-order valence-corrected chi connectivity index (χ2v) is 34.5. The third kappa shape index (κ3) is 24.2. The minimum Gasteiger partial charge on any atom is -0.395 e. The van der Waals surface area contributed by atoms with Gasteiger partial charge < -0.3 is 40.9 Å². The van der Waals surface area contributed by atoms with Gasteiger partial charge in [0, 0.05) is 111 Å². The molecule has 12 atom stereocenters. The molecule has 0 amide bonds. The first-order chi connectivity index (χ1) is 55.8. The fourth-order valence-electron chi connectivity index (χ4n) is 13.7. The van der Waals surface area contributed by atoms with Gasteiger partial charge in [0.2, 0.25) is 0 Å². The van der Waals surface area contributed by atoms with Gasteiger partial charge in [0.1, 0.15) is 24.7 Å². The van der Waals surface area contributed by atoms with Crippen LogP contribution in [-0.2, 0) is 65.2 Å². The van der Waals surface area contributed by atoms with E-state index in [-0.39, 0.29) is 124 Å². The van der Waals surface area contributed by atoms with E-state index in [1.54, 1.807) is 69.6 Å². The zero-order valence-electron chi connectivity index (χ0n) is 65.1.